The van der Waals surface area contributed by atoms with E-state index >= 15 is 0 Å². The molecule has 0 spiro atoms. The minimum Gasteiger partial charge on any atom is -0.395 e. The summed E-state index contributed by atoms with van der Waals surface area (Å²) >= 11 is 0. The Bertz CT molecular complexity index is 485. The van der Waals surface area contributed by atoms with Crippen molar-refractivity contribution < 1.29 is 13.5 Å². The molecule has 0 bridgehead atoms. The van der Waals surface area contributed by atoms with Crippen LogP contribution in [0.5, 0.6) is 0 Å². The molecule has 1 rings (SSSR count). The number of aliphatic hydroxyl groups is 1. The Morgan fingerprint density at radius 3 is 2.12 bits per heavy atom. The molecule has 17 heavy (non-hydrogen) atoms. The highest BCUT2D eigenvalue weighted by Crippen LogP contribution is 2.21. The second-order valence-corrected chi connectivity index (χ2v) is 6.08. The Labute approximate surface area is 103 Å². The number of benzene rings is 1. The van der Waals surface area contributed by atoms with Gasteiger partial charge in [-0.1, -0.05) is 17.7 Å². The minimum absolute atomic E-state index is 0.219. The molecule has 0 aromatic heterocycles. The molecule has 1 atom stereocenters. The summed E-state index contributed by atoms with van der Waals surface area (Å²) < 4.78 is 26.7. The van der Waals surface area contributed by atoms with Gasteiger partial charge in [0.15, 0.2) is 0 Å². The molecule has 1 aromatic carbocycles. The van der Waals surface area contributed by atoms with Crippen LogP contribution in [0.4, 0.5) is 0 Å². The Morgan fingerprint density at radius 2 is 1.71 bits per heavy atom. The van der Waals surface area contributed by atoms with Crippen molar-refractivity contribution in [2.75, 3.05) is 6.61 Å². The van der Waals surface area contributed by atoms with Gasteiger partial charge in [0.05, 0.1) is 11.5 Å². The van der Waals surface area contributed by atoms with E-state index in [-0.39, 0.29) is 6.61 Å². The molecule has 0 aliphatic heterocycles. The third-order valence-electron chi connectivity index (χ3n) is 2.50. The SMILES string of the molecule is Cc1cc(C)c(S(=O)(=O)NC(C)CO)c(C)c1. The van der Waals surface area contributed by atoms with Crippen molar-refractivity contribution in [3.8, 4) is 0 Å². The summed E-state index contributed by atoms with van der Waals surface area (Å²) in [6.07, 6.45) is 0. The molecule has 0 aliphatic carbocycles. The fourth-order valence-electron chi connectivity index (χ4n) is 1.95. The number of rotatable bonds is 4. The number of hydrogen-bond acceptors (Lipinski definition) is 3. The maximum Gasteiger partial charge on any atom is 0.241 e. The summed E-state index contributed by atoms with van der Waals surface area (Å²) in [4.78, 5) is 0.309. The molecule has 0 radical (unpaired) electrons. The predicted molar refractivity (Wildman–Crippen MR) is 67.5 cm³/mol. The number of nitrogens with one attached hydrogen (secondary N) is 1. The Balaban J connectivity index is 3.25. The molecule has 0 saturated heterocycles. The summed E-state index contributed by atoms with van der Waals surface area (Å²) in [5.41, 5.74) is 2.48. The topological polar surface area (TPSA) is 66.4 Å². The van der Waals surface area contributed by atoms with Crippen LogP contribution in [-0.4, -0.2) is 26.2 Å². The van der Waals surface area contributed by atoms with Crippen molar-refractivity contribution in [1.82, 2.24) is 4.72 Å². The van der Waals surface area contributed by atoms with Gasteiger partial charge in [-0.25, -0.2) is 13.1 Å². The van der Waals surface area contributed by atoms with E-state index in [0.717, 1.165) is 16.7 Å². The lowest BCUT2D eigenvalue weighted by Crippen LogP contribution is -2.35. The fourth-order valence-corrected chi connectivity index (χ4v) is 3.64. The van der Waals surface area contributed by atoms with Crippen LogP contribution >= 0.6 is 0 Å². The Kier molecular flexibility index (Phi) is 4.30. The summed E-state index contributed by atoms with van der Waals surface area (Å²) in [6, 6.07) is 3.19. The van der Waals surface area contributed by atoms with Gasteiger partial charge in [-0.15, -0.1) is 0 Å². The molecule has 0 aliphatic rings. The van der Waals surface area contributed by atoms with E-state index in [1.54, 1.807) is 20.8 Å². The van der Waals surface area contributed by atoms with Crippen molar-refractivity contribution in [1.29, 1.82) is 0 Å². The average molecular weight is 257 g/mol. The van der Waals surface area contributed by atoms with Gasteiger partial charge in [-0.2, -0.15) is 0 Å². The van der Waals surface area contributed by atoms with E-state index in [9.17, 15) is 8.42 Å². The molecule has 0 saturated carbocycles. The van der Waals surface area contributed by atoms with E-state index in [1.165, 1.54) is 0 Å². The third kappa shape index (κ3) is 3.28. The third-order valence-corrected chi connectivity index (χ3v) is 4.40. The van der Waals surface area contributed by atoms with Crippen molar-refractivity contribution in [2.45, 2.75) is 38.6 Å². The smallest absolute Gasteiger partial charge is 0.241 e. The maximum absolute atomic E-state index is 12.1. The van der Waals surface area contributed by atoms with Crippen LogP contribution in [0, 0.1) is 20.8 Å². The zero-order chi connectivity index (χ0) is 13.2. The zero-order valence-electron chi connectivity index (χ0n) is 10.6. The van der Waals surface area contributed by atoms with Crippen molar-refractivity contribution >= 4 is 10.0 Å². The van der Waals surface area contributed by atoms with Gasteiger partial charge < -0.3 is 5.11 Å². The normalized spacial score (nSPS) is 13.7. The molecular formula is C12H19NO3S. The van der Waals surface area contributed by atoms with Crippen molar-refractivity contribution in [2.24, 2.45) is 0 Å². The summed E-state index contributed by atoms with van der Waals surface area (Å²) in [7, 11) is -3.56. The molecule has 96 valence electrons. The van der Waals surface area contributed by atoms with Crippen LogP contribution in [0.15, 0.2) is 17.0 Å². The summed E-state index contributed by atoms with van der Waals surface area (Å²) in [6.45, 7) is 6.89. The number of sulfonamides is 1. The predicted octanol–water partition coefficient (Wildman–Crippen LogP) is 1.27. The van der Waals surface area contributed by atoms with Crippen molar-refractivity contribution in [3.63, 3.8) is 0 Å². The highest BCUT2D eigenvalue weighted by Gasteiger charge is 2.21. The molecule has 1 unspecified atom stereocenters. The Morgan fingerprint density at radius 1 is 1.24 bits per heavy atom. The number of aryl methyl sites for hydroxylation is 3. The molecule has 2 N–H and O–H groups in total. The molecule has 5 heteroatoms. The fraction of sp³-hybridized carbons (Fsp3) is 0.500. The van der Waals surface area contributed by atoms with Crippen LogP contribution in [0.2, 0.25) is 0 Å². The van der Waals surface area contributed by atoms with Gasteiger partial charge in [-0.05, 0) is 38.8 Å². The summed E-state index contributed by atoms with van der Waals surface area (Å²) in [5, 5.41) is 8.90. The van der Waals surface area contributed by atoms with E-state index in [4.69, 9.17) is 5.11 Å². The summed E-state index contributed by atoms with van der Waals surface area (Å²) in [5.74, 6) is 0. The first-order chi connectivity index (χ1) is 7.77. The van der Waals surface area contributed by atoms with Gasteiger partial charge in [0.2, 0.25) is 10.0 Å². The largest absolute Gasteiger partial charge is 0.395 e. The molecule has 1 aromatic rings. The first kappa shape index (κ1) is 14.2. The van der Waals surface area contributed by atoms with E-state index in [0.29, 0.717) is 4.90 Å². The van der Waals surface area contributed by atoms with Gasteiger partial charge >= 0.3 is 0 Å². The molecule has 4 nitrogen and oxygen atoms in total. The lowest BCUT2D eigenvalue weighted by Gasteiger charge is -2.15. The van der Waals surface area contributed by atoms with E-state index < -0.39 is 16.1 Å². The quantitative estimate of drug-likeness (QED) is 0.853. The van der Waals surface area contributed by atoms with Crippen LogP contribution in [0.25, 0.3) is 0 Å². The average Bonchev–Trinajstić information content (AvgIpc) is 2.14. The van der Waals surface area contributed by atoms with Crippen LogP contribution in [-0.2, 0) is 10.0 Å². The van der Waals surface area contributed by atoms with Crippen LogP contribution in [0.3, 0.4) is 0 Å². The Hall–Kier alpha value is -0.910. The molecule has 0 fully saturated rings. The van der Waals surface area contributed by atoms with Crippen molar-refractivity contribution in [3.05, 3.63) is 28.8 Å². The lowest BCUT2D eigenvalue weighted by atomic mass is 10.1. The maximum atomic E-state index is 12.1. The molecule has 0 amide bonds. The van der Waals surface area contributed by atoms with Gasteiger partial charge in [-0.3, -0.25) is 0 Å². The number of hydrogen-bond donors (Lipinski definition) is 2. The van der Waals surface area contributed by atoms with E-state index in [2.05, 4.69) is 4.72 Å². The zero-order valence-corrected chi connectivity index (χ0v) is 11.4. The first-order valence-corrected chi connectivity index (χ1v) is 6.97. The highest BCUT2D eigenvalue weighted by atomic mass is 32.2. The second kappa shape index (κ2) is 5.16. The minimum atomic E-state index is -3.56. The van der Waals surface area contributed by atoms with Gasteiger partial charge in [0, 0.05) is 6.04 Å². The highest BCUT2D eigenvalue weighted by molar-refractivity contribution is 7.89. The van der Waals surface area contributed by atoms with Crippen LogP contribution in [0.1, 0.15) is 23.6 Å². The first-order valence-electron chi connectivity index (χ1n) is 5.49. The van der Waals surface area contributed by atoms with Crippen LogP contribution < -0.4 is 4.72 Å². The lowest BCUT2D eigenvalue weighted by molar-refractivity contribution is 0.265. The molecule has 0 heterocycles. The molecular weight excluding hydrogens is 238 g/mol. The van der Waals surface area contributed by atoms with Gasteiger partial charge in [0.25, 0.3) is 0 Å². The van der Waals surface area contributed by atoms with Gasteiger partial charge in [0.1, 0.15) is 0 Å². The monoisotopic (exact) mass is 257 g/mol. The number of aliphatic hydroxyl groups excluding tert-OH is 1. The second-order valence-electron chi connectivity index (χ2n) is 4.43. The van der Waals surface area contributed by atoms with E-state index in [1.807, 2.05) is 19.1 Å². The standard InChI is InChI=1S/C12H19NO3S/c1-8-5-9(2)12(10(3)6-8)17(15,16)13-11(4)7-14/h5-6,11,13-14H,7H2,1-4H3.